The fraction of sp³-hybridized carbons (Fsp3) is 0.368. The lowest BCUT2D eigenvalue weighted by Crippen LogP contribution is -2.57. The molecule has 2 aromatic heterocycles. The first-order chi connectivity index (χ1) is 12.7. The van der Waals surface area contributed by atoms with Gasteiger partial charge in [0.1, 0.15) is 5.52 Å². The summed E-state index contributed by atoms with van der Waals surface area (Å²) in [6.07, 6.45) is 2.35. The number of benzene rings is 1. The van der Waals surface area contributed by atoms with Gasteiger partial charge in [-0.1, -0.05) is 6.07 Å². The van der Waals surface area contributed by atoms with E-state index in [9.17, 15) is 4.79 Å². The van der Waals surface area contributed by atoms with Crippen molar-refractivity contribution < 1.29 is 9.21 Å². The molecule has 134 valence electrons. The minimum atomic E-state index is -0.0541. The Kier molecular flexibility index (Phi) is 4.10. The summed E-state index contributed by atoms with van der Waals surface area (Å²) in [5, 5.41) is 3.24. The van der Waals surface area contributed by atoms with Crippen LogP contribution in [0, 0.1) is 5.92 Å². The Hall–Kier alpha value is -1.70. The van der Waals surface area contributed by atoms with Gasteiger partial charge in [0.25, 0.3) is 5.91 Å². The molecule has 5 heterocycles. The fourth-order valence-corrected chi connectivity index (χ4v) is 5.35. The van der Waals surface area contributed by atoms with Gasteiger partial charge in [0, 0.05) is 12.6 Å². The van der Waals surface area contributed by atoms with Crippen molar-refractivity contribution >= 4 is 44.3 Å². The first-order valence-electron chi connectivity index (χ1n) is 8.86. The number of oxazole rings is 1. The molecule has 26 heavy (non-hydrogen) atoms. The first kappa shape index (κ1) is 16.5. The molecule has 0 aliphatic carbocycles. The minimum absolute atomic E-state index is 0.0541. The van der Waals surface area contributed by atoms with Crippen LogP contribution in [0.4, 0.5) is 0 Å². The highest BCUT2D eigenvalue weighted by Gasteiger charge is 2.35. The second kappa shape index (κ2) is 6.48. The largest absolute Gasteiger partial charge is 0.435 e. The smallest absolute Gasteiger partial charge is 0.253 e. The average molecular weight is 432 g/mol. The van der Waals surface area contributed by atoms with Crippen molar-refractivity contribution in [3.63, 3.8) is 0 Å². The lowest BCUT2D eigenvalue weighted by Gasteiger charge is -2.44. The SMILES string of the molecule is O=C(N[C@@H]1CN2CCC1CC2)c1cccc2oc(-c3ccc(Br)s3)nc12. The Morgan fingerprint density at radius 3 is 2.81 bits per heavy atom. The van der Waals surface area contributed by atoms with Crippen LogP contribution in [0.1, 0.15) is 23.2 Å². The van der Waals surface area contributed by atoms with Crippen molar-refractivity contribution in [2.45, 2.75) is 18.9 Å². The molecule has 3 fully saturated rings. The van der Waals surface area contributed by atoms with Gasteiger partial charge in [-0.05, 0) is 72.0 Å². The summed E-state index contributed by atoms with van der Waals surface area (Å²) in [4.78, 5) is 20.9. The number of piperidine rings is 3. The molecule has 7 heteroatoms. The van der Waals surface area contributed by atoms with Gasteiger partial charge in [-0.25, -0.2) is 4.98 Å². The zero-order valence-corrected chi connectivity index (χ0v) is 16.5. The molecule has 0 radical (unpaired) electrons. The molecule has 6 rings (SSSR count). The van der Waals surface area contributed by atoms with Gasteiger partial charge in [-0.2, -0.15) is 0 Å². The van der Waals surface area contributed by atoms with E-state index in [2.05, 4.69) is 31.1 Å². The topological polar surface area (TPSA) is 58.4 Å². The number of para-hydroxylation sites is 1. The summed E-state index contributed by atoms with van der Waals surface area (Å²) in [6.45, 7) is 3.28. The molecular formula is C19H18BrN3O2S. The number of carbonyl (C=O) groups excluding carboxylic acids is 1. The number of hydrogen-bond acceptors (Lipinski definition) is 5. The molecule has 3 saturated heterocycles. The van der Waals surface area contributed by atoms with E-state index in [0.717, 1.165) is 28.3 Å². The van der Waals surface area contributed by atoms with E-state index < -0.39 is 0 Å². The second-order valence-corrected chi connectivity index (χ2v) is 9.46. The van der Waals surface area contributed by atoms with Gasteiger partial charge in [-0.3, -0.25) is 4.79 Å². The number of amides is 1. The van der Waals surface area contributed by atoms with Crippen LogP contribution < -0.4 is 5.32 Å². The minimum Gasteiger partial charge on any atom is -0.435 e. The molecule has 1 amide bonds. The van der Waals surface area contributed by atoms with E-state index >= 15 is 0 Å². The van der Waals surface area contributed by atoms with Crippen molar-refractivity contribution in [1.29, 1.82) is 0 Å². The number of nitrogens with zero attached hydrogens (tertiary/aromatic N) is 2. The summed E-state index contributed by atoms with van der Waals surface area (Å²) in [6, 6.07) is 9.71. The van der Waals surface area contributed by atoms with Crippen molar-refractivity contribution in [1.82, 2.24) is 15.2 Å². The fourth-order valence-electron chi connectivity index (χ4n) is 4.04. The van der Waals surface area contributed by atoms with Crippen LogP contribution in [0.15, 0.2) is 38.5 Å². The van der Waals surface area contributed by atoms with E-state index in [4.69, 9.17) is 4.42 Å². The van der Waals surface area contributed by atoms with Crippen LogP contribution in [0.3, 0.4) is 0 Å². The molecule has 2 bridgehead atoms. The van der Waals surface area contributed by atoms with Crippen LogP contribution in [0.5, 0.6) is 0 Å². The zero-order chi connectivity index (χ0) is 17.7. The predicted octanol–water partition coefficient (Wildman–Crippen LogP) is 4.14. The maximum Gasteiger partial charge on any atom is 0.253 e. The van der Waals surface area contributed by atoms with Crippen LogP contribution in [-0.2, 0) is 0 Å². The van der Waals surface area contributed by atoms with Crippen molar-refractivity contribution in [3.8, 4) is 10.8 Å². The third-order valence-electron chi connectivity index (χ3n) is 5.42. The average Bonchev–Trinajstić information content (AvgIpc) is 3.28. The number of carbonyl (C=O) groups is 1. The highest BCUT2D eigenvalue weighted by atomic mass is 79.9. The number of nitrogens with one attached hydrogen (secondary N) is 1. The molecule has 3 aromatic rings. The lowest BCUT2D eigenvalue weighted by atomic mass is 9.84. The van der Waals surface area contributed by atoms with Crippen LogP contribution in [-0.4, -0.2) is 41.5 Å². The van der Waals surface area contributed by atoms with Crippen molar-refractivity contribution in [2.24, 2.45) is 5.92 Å². The third-order valence-corrected chi connectivity index (χ3v) is 7.03. The number of halogens is 1. The Morgan fingerprint density at radius 1 is 1.27 bits per heavy atom. The van der Waals surface area contributed by atoms with E-state index in [1.54, 1.807) is 11.3 Å². The van der Waals surface area contributed by atoms with Gasteiger partial charge in [0.2, 0.25) is 5.89 Å². The molecule has 1 N–H and O–H groups in total. The molecule has 0 spiro atoms. The predicted molar refractivity (Wildman–Crippen MR) is 105 cm³/mol. The van der Waals surface area contributed by atoms with E-state index in [1.165, 1.54) is 12.8 Å². The van der Waals surface area contributed by atoms with E-state index in [1.807, 2.05) is 30.3 Å². The molecule has 0 unspecified atom stereocenters. The van der Waals surface area contributed by atoms with Crippen LogP contribution in [0.25, 0.3) is 21.9 Å². The zero-order valence-electron chi connectivity index (χ0n) is 14.1. The Labute approximate surface area is 163 Å². The molecule has 3 aliphatic heterocycles. The quantitative estimate of drug-likeness (QED) is 0.676. The number of rotatable bonds is 3. The van der Waals surface area contributed by atoms with Gasteiger partial charge < -0.3 is 14.6 Å². The summed E-state index contributed by atoms with van der Waals surface area (Å²) < 4.78 is 6.91. The van der Waals surface area contributed by atoms with Crippen LogP contribution in [0.2, 0.25) is 0 Å². The Morgan fingerprint density at radius 2 is 2.12 bits per heavy atom. The maximum atomic E-state index is 12.9. The number of fused-ring (bicyclic) bond motifs is 4. The highest BCUT2D eigenvalue weighted by molar-refractivity contribution is 9.11. The van der Waals surface area contributed by atoms with Crippen molar-refractivity contribution in [2.75, 3.05) is 19.6 Å². The summed E-state index contributed by atoms with van der Waals surface area (Å²) in [5.74, 6) is 1.10. The number of thiophene rings is 1. The second-order valence-electron chi connectivity index (χ2n) is 6.99. The first-order valence-corrected chi connectivity index (χ1v) is 10.5. The lowest BCUT2D eigenvalue weighted by molar-refractivity contribution is 0.0621. The number of aromatic nitrogens is 1. The van der Waals surface area contributed by atoms with Crippen molar-refractivity contribution in [3.05, 3.63) is 39.7 Å². The highest BCUT2D eigenvalue weighted by Crippen LogP contribution is 2.33. The number of hydrogen-bond donors (Lipinski definition) is 1. The van der Waals surface area contributed by atoms with Crippen LogP contribution >= 0.6 is 27.3 Å². The molecule has 1 atom stereocenters. The summed E-state index contributed by atoms with van der Waals surface area (Å²) >= 11 is 5.02. The molecule has 5 nitrogen and oxygen atoms in total. The third kappa shape index (κ3) is 2.88. The van der Waals surface area contributed by atoms with Gasteiger partial charge in [0.05, 0.1) is 14.2 Å². The maximum absolute atomic E-state index is 12.9. The van der Waals surface area contributed by atoms with Gasteiger partial charge in [0.15, 0.2) is 5.58 Å². The molecule has 0 saturated carbocycles. The summed E-state index contributed by atoms with van der Waals surface area (Å²) in [5.41, 5.74) is 1.86. The van der Waals surface area contributed by atoms with E-state index in [-0.39, 0.29) is 11.9 Å². The summed E-state index contributed by atoms with van der Waals surface area (Å²) in [7, 11) is 0. The molecule has 1 aromatic carbocycles. The van der Waals surface area contributed by atoms with E-state index in [0.29, 0.717) is 28.5 Å². The standard InChI is InChI=1S/C19H18BrN3O2S/c20-16-5-4-15(26-16)19-22-17-12(2-1-3-14(17)25-19)18(24)21-13-10-23-8-6-11(13)7-9-23/h1-5,11,13H,6-10H2,(H,21,24)/t13-/m1/s1. The molecular weight excluding hydrogens is 414 g/mol. The Bertz CT molecular complexity index is 974. The van der Waals surface area contributed by atoms with Gasteiger partial charge >= 0.3 is 0 Å². The molecule has 3 aliphatic rings. The monoisotopic (exact) mass is 431 g/mol. The van der Waals surface area contributed by atoms with Gasteiger partial charge in [-0.15, -0.1) is 11.3 Å². The normalized spacial score (nSPS) is 24.9. The Balaban J connectivity index is 1.44.